The number of nitrogens with two attached hydrogens (primary N) is 2. The van der Waals surface area contributed by atoms with Crippen LogP contribution >= 0.6 is 0 Å². The third kappa shape index (κ3) is 2.59. The number of carbonyl (C=O) groups excluding carboxylic acids is 1. The summed E-state index contributed by atoms with van der Waals surface area (Å²) in [5.41, 5.74) is 10.6. The summed E-state index contributed by atoms with van der Waals surface area (Å²) >= 11 is 0. The minimum atomic E-state index is -4.43. The van der Waals surface area contributed by atoms with Gasteiger partial charge in [0.1, 0.15) is 6.04 Å². The summed E-state index contributed by atoms with van der Waals surface area (Å²) in [6, 6.07) is 2.63. The molecule has 19 heavy (non-hydrogen) atoms. The lowest BCUT2D eigenvalue weighted by Gasteiger charge is -2.26. The van der Waals surface area contributed by atoms with Gasteiger partial charge in [0.2, 0.25) is 5.91 Å². The van der Waals surface area contributed by atoms with Crippen LogP contribution in [0.25, 0.3) is 0 Å². The van der Waals surface area contributed by atoms with Gasteiger partial charge in [-0.1, -0.05) is 0 Å². The number of nitrogen functional groups attached to an aromatic ring is 1. The molecule has 2 rings (SSSR count). The summed E-state index contributed by atoms with van der Waals surface area (Å²) in [4.78, 5) is 12.9. The molecule has 0 spiro atoms. The first-order chi connectivity index (χ1) is 8.80. The number of carbonyl (C=O) groups is 1. The molecule has 1 heterocycles. The van der Waals surface area contributed by atoms with Crippen LogP contribution in [0.5, 0.6) is 0 Å². The van der Waals surface area contributed by atoms with Gasteiger partial charge in [-0.3, -0.25) is 4.79 Å². The van der Waals surface area contributed by atoms with E-state index in [1.807, 2.05) is 0 Å². The zero-order chi connectivity index (χ0) is 14.2. The molecule has 1 aliphatic rings. The number of anilines is 2. The molecule has 7 heteroatoms. The highest BCUT2D eigenvalue weighted by molar-refractivity contribution is 5.86. The molecular weight excluding hydrogens is 259 g/mol. The van der Waals surface area contributed by atoms with E-state index < -0.39 is 23.7 Å². The topological polar surface area (TPSA) is 72.4 Å². The average molecular weight is 273 g/mol. The van der Waals surface area contributed by atoms with Crippen molar-refractivity contribution < 1.29 is 18.0 Å². The molecule has 4 N–H and O–H groups in total. The number of hydrogen-bond donors (Lipinski definition) is 2. The summed E-state index contributed by atoms with van der Waals surface area (Å²) < 4.78 is 37.6. The predicted octanol–water partition coefficient (Wildman–Crippen LogP) is 1.74. The lowest BCUT2D eigenvalue weighted by molar-refractivity contribution is -0.137. The Morgan fingerprint density at radius 2 is 2.05 bits per heavy atom. The van der Waals surface area contributed by atoms with Crippen LogP contribution in [0, 0.1) is 0 Å². The lowest BCUT2D eigenvalue weighted by atomic mass is 10.1. The quantitative estimate of drug-likeness (QED) is 0.806. The van der Waals surface area contributed by atoms with Gasteiger partial charge in [-0.25, -0.2) is 0 Å². The monoisotopic (exact) mass is 273 g/mol. The second-order valence-corrected chi connectivity index (χ2v) is 4.53. The van der Waals surface area contributed by atoms with Crippen molar-refractivity contribution >= 4 is 17.3 Å². The predicted molar refractivity (Wildman–Crippen MR) is 65.4 cm³/mol. The van der Waals surface area contributed by atoms with Crippen molar-refractivity contribution in [2.45, 2.75) is 25.1 Å². The van der Waals surface area contributed by atoms with Crippen LogP contribution in [0.1, 0.15) is 18.4 Å². The number of alkyl halides is 3. The number of hydrogen-bond acceptors (Lipinski definition) is 3. The van der Waals surface area contributed by atoms with Crippen LogP contribution in [0.4, 0.5) is 24.5 Å². The number of primary amides is 1. The lowest BCUT2D eigenvalue weighted by Crippen LogP contribution is -2.40. The molecule has 4 nitrogen and oxygen atoms in total. The maximum Gasteiger partial charge on any atom is 0.416 e. The standard InChI is InChI=1S/C12H14F3N3O/c13-12(14,15)7-3-4-9(8(16)6-7)18-5-1-2-10(18)11(17)19/h3-4,6,10H,1-2,5,16H2,(H2,17,19). The fourth-order valence-electron chi connectivity index (χ4n) is 2.34. The molecule has 0 radical (unpaired) electrons. The van der Waals surface area contributed by atoms with Crippen molar-refractivity contribution in [2.75, 3.05) is 17.2 Å². The molecule has 1 atom stereocenters. The van der Waals surface area contributed by atoms with Crippen molar-refractivity contribution in [2.24, 2.45) is 5.73 Å². The molecule has 0 bridgehead atoms. The highest BCUT2D eigenvalue weighted by Gasteiger charge is 2.33. The number of amides is 1. The second-order valence-electron chi connectivity index (χ2n) is 4.53. The highest BCUT2D eigenvalue weighted by atomic mass is 19.4. The molecule has 1 saturated heterocycles. The fourth-order valence-corrected chi connectivity index (χ4v) is 2.34. The maximum absolute atomic E-state index is 12.5. The van der Waals surface area contributed by atoms with E-state index in [1.54, 1.807) is 4.90 Å². The molecule has 104 valence electrons. The molecular formula is C12H14F3N3O. The van der Waals surface area contributed by atoms with Crippen molar-refractivity contribution in [1.82, 2.24) is 0 Å². The van der Waals surface area contributed by atoms with Crippen LogP contribution in [0.2, 0.25) is 0 Å². The first-order valence-corrected chi connectivity index (χ1v) is 5.83. The van der Waals surface area contributed by atoms with Gasteiger partial charge in [0.15, 0.2) is 0 Å². The number of halogens is 3. The van der Waals surface area contributed by atoms with Crippen molar-refractivity contribution in [3.8, 4) is 0 Å². The Balaban J connectivity index is 2.34. The Bertz CT molecular complexity index is 501. The summed E-state index contributed by atoms with van der Waals surface area (Å²) in [6.07, 6.45) is -3.08. The summed E-state index contributed by atoms with van der Waals surface area (Å²) in [7, 11) is 0. The largest absolute Gasteiger partial charge is 0.416 e. The normalized spacial score (nSPS) is 19.7. The van der Waals surface area contributed by atoms with Gasteiger partial charge in [0, 0.05) is 6.54 Å². The van der Waals surface area contributed by atoms with E-state index in [2.05, 4.69) is 0 Å². The number of nitrogens with zero attached hydrogens (tertiary/aromatic N) is 1. The maximum atomic E-state index is 12.5. The third-order valence-corrected chi connectivity index (χ3v) is 3.25. The molecule has 0 aliphatic carbocycles. The minimum absolute atomic E-state index is 0.00275. The molecule has 1 unspecified atom stereocenters. The Hall–Kier alpha value is -1.92. The first-order valence-electron chi connectivity index (χ1n) is 5.83. The molecule has 1 fully saturated rings. The van der Waals surface area contributed by atoms with E-state index in [1.165, 1.54) is 6.07 Å². The number of rotatable bonds is 2. The van der Waals surface area contributed by atoms with Crippen molar-refractivity contribution in [3.05, 3.63) is 23.8 Å². The van der Waals surface area contributed by atoms with E-state index in [4.69, 9.17) is 11.5 Å². The average Bonchev–Trinajstić information content (AvgIpc) is 2.76. The van der Waals surface area contributed by atoms with Crippen LogP contribution in [0.15, 0.2) is 18.2 Å². The smallest absolute Gasteiger partial charge is 0.397 e. The molecule has 1 aromatic carbocycles. The Morgan fingerprint density at radius 3 is 2.58 bits per heavy atom. The van der Waals surface area contributed by atoms with E-state index in [0.29, 0.717) is 18.7 Å². The molecule has 1 aliphatic heterocycles. The van der Waals surface area contributed by atoms with E-state index in [9.17, 15) is 18.0 Å². The summed E-state index contributed by atoms with van der Waals surface area (Å²) in [5, 5.41) is 0. The van der Waals surface area contributed by atoms with Crippen molar-refractivity contribution in [1.29, 1.82) is 0 Å². The summed E-state index contributed by atoms with van der Waals surface area (Å²) in [6.45, 7) is 0.559. The highest BCUT2D eigenvalue weighted by Crippen LogP contribution is 2.36. The first kappa shape index (κ1) is 13.5. The molecule has 1 amide bonds. The van der Waals surface area contributed by atoms with Crippen LogP contribution < -0.4 is 16.4 Å². The summed E-state index contributed by atoms with van der Waals surface area (Å²) in [5.74, 6) is -0.489. The number of benzene rings is 1. The van der Waals surface area contributed by atoms with Gasteiger partial charge in [0.05, 0.1) is 16.9 Å². The van der Waals surface area contributed by atoms with E-state index in [-0.39, 0.29) is 5.69 Å². The zero-order valence-corrected chi connectivity index (χ0v) is 10.1. The Kier molecular flexibility index (Phi) is 3.30. The van der Waals surface area contributed by atoms with Gasteiger partial charge in [-0.15, -0.1) is 0 Å². The van der Waals surface area contributed by atoms with Crippen LogP contribution in [-0.4, -0.2) is 18.5 Å². The Labute approximate surface area is 108 Å². The second kappa shape index (κ2) is 4.64. The van der Waals surface area contributed by atoms with Gasteiger partial charge >= 0.3 is 6.18 Å². The zero-order valence-electron chi connectivity index (χ0n) is 10.1. The van der Waals surface area contributed by atoms with Crippen LogP contribution in [0.3, 0.4) is 0 Å². The van der Waals surface area contributed by atoms with Crippen molar-refractivity contribution in [3.63, 3.8) is 0 Å². The molecule has 0 saturated carbocycles. The minimum Gasteiger partial charge on any atom is -0.397 e. The van der Waals surface area contributed by atoms with E-state index in [0.717, 1.165) is 18.6 Å². The van der Waals surface area contributed by atoms with E-state index >= 15 is 0 Å². The molecule has 0 aromatic heterocycles. The van der Waals surface area contributed by atoms with Gasteiger partial charge in [0.25, 0.3) is 0 Å². The SMILES string of the molecule is NC(=O)C1CCCN1c1ccc(C(F)(F)F)cc1N. The van der Waals surface area contributed by atoms with Gasteiger partial charge in [-0.05, 0) is 31.0 Å². The third-order valence-electron chi connectivity index (χ3n) is 3.25. The Morgan fingerprint density at radius 1 is 1.37 bits per heavy atom. The fraction of sp³-hybridized carbons (Fsp3) is 0.417. The van der Waals surface area contributed by atoms with Crippen LogP contribution in [-0.2, 0) is 11.0 Å². The molecule has 1 aromatic rings. The van der Waals surface area contributed by atoms with Gasteiger partial charge < -0.3 is 16.4 Å². The van der Waals surface area contributed by atoms with Gasteiger partial charge in [-0.2, -0.15) is 13.2 Å².